The zero-order chi connectivity index (χ0) is 15.2. The number of aromatic hydroxyl groups is 1. The van der Waals surface area contributed by atoms with Gasteiger partial charge in [-0.3, -0.25) is 0 Å². The third-order valence-corrected chi connectivity index (χ3v) is 2.88. The van der Waals surface area contributed by atoms with Gasteiger partial charge < -0.3 is 15.2 Å². The summed E-state index contributed by atoms with van der Waals surface area (Å²) >= 11 is 0. The molecule has 0 aliphatic carbocycles. The Morgan fingerprint density at radius 2 is 2.00 bits per heavy atom. The highest BCUT2D eigenvalue weighted by atomic mass is 19.1. The normalized spacial score (nSPS) is 11.7. The Balaban J connectivity index is 2.27. The summed E-state index contributed by atoms with van der Waals surface area (Å²) in [5.41, 5.74) is 1.09. The van der Waals surface area contributed by atoms with E-state index >= 15 is 0 Å². The largest absolute Gasteiger partial charge is 0.508 e. The Hall–Kier alpha value is -2.56. The van der Waals surface area contributed by atoms with Crippen molar-refractivity contribution in [1.82, 2.24) is 0 Å². The smallest absolute Gasteiger partial charge is 0.333 e. The number of carbonyl (C=O) groups excluding carboxylic acids is 1. The zero-order valence-corrected chi connectivity index (χ0v) is 11.5. The Kier molecular flexibility index (Phi) is 4.77. The molecule has 1 atom stereocenters. The van der Waals surface area contributed by atoms with Gasteiger partial charge in [0.15, 0.2) is 6.04 Å². The van der Waals surface area contributed by atoms with Gasteiger partial charge in [0.2, 0.25) is 0 Å². The fourth-order valence-electron chi connectivity index (χ4n) is 1.92. The highest BCUT2D eigenvalue weighted by Gasteiger charge is 2.22. The predicted molar refractivity (Wildman–Crippen MR) is 77.5 cm³/mol. The number of hydrogen-bond acceptors (Lipinski definition) is 4. The molecule has 0 spiro atoms. The lowest BCUT2D eigenvalue weighted by Gasteiger charge is -2.19. The summed E-state index contributed by atoms with van der Waals surface area (Å²) in [6.07, 6.45) is 0. The number of carbonyl (C=O) groups is 1. The third kappa shape index (κ3) is 3.95. The van der Waals surface area contributed by atoms with Crippen molar-refractivity contribution < 1.29 is 19.0 Å². The van der Waals surface area contributed by atoms with E-state index in [0.717, 1.165) is 0 Å². The fourth-order valence-corrected chi connectivity index (χ4v) is 1.92. The zero-order valence-electron chi connectivity index (χ0n) is 11.5. The van der Waals surface area contributed by atoms with Gasteiger partial charge in [-0.2, -0.15) is 0 Å². The van der Waals surface area contributed by atoms with E-state index in [1.807, 2.05) is 0 Å². The van der Waals surface area contributed by atoms with Gasteiger partial charge in [-0.1, -0.05) is 18.2 Å². The molecule has 0 bridgehead atoms. The molecule has 0 saturated heterocycles. The van der Waals surface area contributed by atoms with E-state index < -0.39 is 17.8 Å². The van der Waals surface area contributed by atoms with Gasteiger partial charge in [0, 0.05) is 5.69 Å². The van der Waals surface area contributed by atoms with Crippen molar-refractivity contribution in [3.8, 4) is 5.75 Å². The molecule has 0 radical (unpaired) electrons. The fraction of sp³-hybridized carbons (Fsp3) is 0.188. The average Bonchev–Trinajstić information content (AvgIpc) is 2.46. The molecule has 5 heteroatoms. The van der Waals surface area contributed by atoms with E-state index in [0.29, 0.717) is 11.3 Å². The molecule has 0 saturated carbocycles. The SMILES string of the molecule is CCOC(=O)C(Nc1cccc(F)c1)c1ccc(O)cc1. The molecule has 4 nitrogen and oxygen atoms in total. The van der Waals surface area contributed by atoms with Gasteiger partial charge in [0.1, 0.15) is 11.6 Å². The summed E-state index contributed by atoms with van der Waals surface area (Å²) < 4.78 is 18.3. The van der Waals surface area contributed by atoms with Crippen LogP contribution in [-0.4, -0.2) is 17.7 Å². The van der Waals surface area contributed by atoms with Crippen LogP contribution in [0.15, 0.2) is 48.5 Å². The lowest BCUT2D eigenvalue weighted by atomic mass is 10.1. The van der Waals surface area contributed by atoms with E-state index in [1.165, 1.54) is 24.3 Å². The van der Waals surface area contributed by atoms with Crippen LogP contribution in [-0.2, 0) is 9.53 Å². The number of hydrogen-bond donors (Lipinski definition) is 2. The number of phenolic OH excluding ortho intramolecular Hbond substituents is 1. The molecule has 0 aromatic heterocycles. The minimum absolute atomic E-state index is 0.104. The standard InChI is InChI=1S/C16H16FNO3/c1-2-21-16(20)15(11-6-8-14(19)9-7-11)18-13-5-3-4-12(17)10-13/h3-10,15,18-19H,2H2,1H3. The van der Waals surface area contributed by atoms with Crippen LogP contribution in [0.3, 0.4) is 0 Å². The van der Waals surface area contributed by atoms with Crippen molar-refractivity contribution in [1.29, 1.82) is 0 Å². The maximum Gasteiger partial charge on any atom is 0.333 e. The first-order valence-electron chi connectivity index (χ1n) is 6.58. The molecule has 0 fully saturated rings. The lowest BCUT2D eigenvalue weighted by Crippen LogP contribution is -2.23. The number of benzene rings is 2. The topological polar surface area (TPSA) is 58.6 Å². The van der Waals surface area contributed by atoms with Crippen molar-refractivity contribution in [2.24, 2.45) is 0 Å². The highest BCUT2D eigenvalue weighted by Crippen LogP contribution is 2.23. The second-order valence-corrected chi connectivity index (χ2v) is 4.43. The maximum atomic E-state index is 13.2. The van der Waals surface area contributed by atoms with E-state index in [2.05, 4.69) is 5.32 Å². The second kappa shape index (κ2) is 6.74. The van der Waals surface area contributed by atoms with E-state index in [9.17, 15) is 14.3 Å². The van der Waals surface area contributed by atoms with Gasteiger partial charge in [0.05, 0.1) is 6.61 Å². The molecule has 1 unspecified atom stereocenters. The summed E-state index contributed by atoms with van der Waals surface area (Å²) in [6.45, 7) is 1.96. The quantitative estimate of drug-likeness (QED) is 0.830. The number of anilines is 1. The summed E-state index contributed by atoms with van der Waals surface area (Å²) in [6, 6.07) is 11.3. The predicted octanol–water partition coefficient (Wildman–Crippen LogP) is 3.25. The van der Waals surface area contributed by atoms with Crippen LogP contribution < -0.4 is 5.32 Å². The Bertz CT molecular complexity index is 613. The number of rotatable bonds is 5. The molecule has 2 N–H and O–H groups in total. The first-order chi connectivity index (χ1) is 10.1. The molecule has 2 aromatic rings. The van der Waals surface area contributed by atoms with Gasteiger partial charge in [-0.25, -0.2) is 9.18 Å². The van der Waals surface area contributed by atoms with Crippen molar-refractivity contribution in [2.75, 3.05) is 11.9 Å². The molecular formula is C16H16FNO3. The highest BCUT2D eigenvalue weighted by molar-refractivity contribution is 5.81. The van der Waals surface area contributed by atoms with Crippen LogP contribution in [0.5, 0.6) is 5.75 Å². The first kappa shape index (κ1) is 14.8. The molecular weight excluding hydrogens is 273 g/mol. The van der Waals surface area contributed by atoms with Gasteiger partial charge in [0.25, 0.3) is 0 Å². The van der Waals surface area contributed by atoms with Crippen molar-refractivity contribution in [3.05, 3.63) is 59.9 Å². The first-order valence-corrected chi connectivity index (χ1v) is 6.58. The Morgan fingerprint density at radius 3 is 2.62 bits per heavy atom. The second-order valence-electron chi connectivity index (χ2n) is 4.43. The van der Waals surface area contributed by atoms with Gasteiger partial charge in [-0.05, 0) is 42.8 Å². The molecule has 2 rings (SSSR count). The van der Waals surface area contributed by atoms with Crippen LogP contribution in [0.25, 0.3) is 0 Å². The molecule has 0 amide bonds. The number of nitrogens with one attached hydrogen (secondary N) is 1. The van der Waals surface area contributed by atoms with Crippen molar-refractivity contribution in [2.45, 2.75) is 13.0 Å². The van der Waals surface area contributed by atoms with Crippen LogP contribution >= 0.6 is 0 Å². The maximum absolute atomic E-state index is 13.2. The number of esters is 1. The molecule has 0 heterocycles. The molecule has 2 aromatic carbocycles. The van der Waals surface area contributed by atoms with E-state index in [4.69, 9.17) is 4.74 Å². The Labute approximate surface area is 122 Å². The number of phenols is 1. The van der Waals surface area contributed by atoms with E-state index in [-0.39, 0.29) is 12.4 Å². The lowest BCUT2D eigenvalue weighted by molar-refractivity contribution is -0.144. The van der Waals surface area contributed by atoms with Crippen LogP contribution in [0, 0.1) is 5.82 Å². The van der Waals surface area contributed by atoms with E-state index in [1.54, 1.807) is 31.2 Å². The van der Waals surface area contributed by atoms with Gasteiger partial charge in [-0.15, -0.1) is 0 Å². The minimum atomic E-state index is -0.771. The number of ether oxygens (including phenoxy) is 1. The van der Waals surface area contributed by atoms with Gasteiger partial charge >= 0.3 is 5.97 Å². The monoisotopic (exact) mass is 289 g/mol. The number of halogens is 1. The summed E-state index contributed by atoms with van der Waals surface area (Å²) in [7, 11) is 0. The van der Waals surface area contributed by atoms with Crippen LogP contribution in [0.4, 0.5) is 10.1 Å². The Morgan fingerprint density at radius 1 is 1.29 bits per heavy atom. The average molecular weight is 289 g/mol. The van der Waals surface area contributed by atoms with Crippen molar-refractivity contribution >= 4 is 11.7 Å². The van der Waals surface area contributed by atoms with Crippen molar-refractivity contribution in [3.63, 3.8) is 0 Å². The summed E-state index contributed by atoms with van der Waals surface area (Å²) in [5, 5.41) is 12.3. The van der Waals surface area contributed by atoms with Crippen LogP contribution in [0.1, 0.15) is 18.5 Å². The van der Waals surface area contributed by atoms with Crippen LogP contribution in [0.2, 0.25) is 0 Å². The molecule has 21 heavy (non-hydrogen) atoms. The summed E-state index contributed by atoms with van der Waals surface area (Å²) in [5.74, 6) is -0.757. The molecule has 110 valence electrons. The molecule has 0 aliphatic rings. The minimum Gasteiger partial charge on any atom is -0.508 e. The molecule has 0 aliphatic heterocycles. The third-order valence-electron chi connectivity index (χ3n) is 2.88. The summed E-state index contributed by atoms with van der Waals surface area (Å²) in [4.78, 5) is 12.1.